The lowest BCUT2D eigenvalue weighted by Crippen LogP contribution is -2.28. The number of benzene rings is 6. The van der Waals surface area contributed by atoms with E-state index in [-0.39, 0.29) is 11.6 Å². The molecule has 0 radical (unpaired) electrons. The van der Waals surface area contributed by atoms with Crippen LogP contribution in [0.5, 0.6) is 0 Å². The molecule has 4 N–H and O–H groups in total. The molecule has 45 heavy (non-hydrogen) atoms. The summed E-state index contributed by atoms with van der Waals surface area (Å²) in [5.41, 5.74) is 22.6. The third-order valence-electron chi connectivity index (χ3n) is 8.92. The number of nitrogen functional groups attached to an aromatic ring is 2. The lowest BCUT2D eigenvalue weighted by atomic mass is 9.67. The van der Waals surface area contributed by atoms with Gasteiger partial charge in [-0.25, -0.2) is 0 Å². The highest BCUT2D eigenvalue weighted by Crippen LogP contribution is 2.55. The van der Waals surface area contributed by atoms with Gasteiger partial charge in [0.2, 0.25) is 0 Å². The molecule has 218 valence electrons. The molecule has 4 heteroatoms. The molecule has 0 aliphatic heterocycles. The average Bonchev–Trinajstić information content (AvgIpc) is 3.37. The summed E-state index contributed by atoms with van der Waals surface area (Å²) in [5.74, 6) is 0.108. The number of Topliss-reactive ketones (excluding diaryl/α,β-unsaturated/α-hetero) is 2. The van der Waals surface area contributed by atoms with Crippen molar-refractivity contribution in [3.63, 3.8) is 0 Å². The van der Waals surface area contributed by atoms with Crippen LogP contribution in [0.2, 0.25) is 0 Å². The van der Waals surface area contributed by atoms with Crippen molar-refractivity contribution >= 4 is 22.9 Å². The molecule has 1 aliphatic carbocycles. The van der Waals surface area contributed by atoms with Crippen molar-refractivity contribution in [2.24, 2.45) is 0 Å². The standard InChI is InChI=1S/C41H32N2O2/c42-33-21-13-29(14-22-33)39(44)25-27-9-17-31(18-10-27)41(37-7-3-1-5-35(37)36-6-2-4-8-38(36)41)32-19-11-28(12-20-32)26-40(45)30-15-23-34(43)24-16-30/h1-24H,25-26,42-43H2. The number of carbonyl (C=O) groups excluding carboxylic acids is 2. The van der Waals surface area contributed by atoms with Gasteiger partial charge < -0.3 is 11.5 Å². The van der Waals surface area contributed by atoms with Crippen LogP contribution in [0, 0.1) is 0 Å². The Kier molecular flexibility index (Phi) is 7.11. The lowest BCUT2D eigenvalue weighted by Gasteiger charge is -2.34. The fourth-order valence-electron chi connectivity index (χ4n) is 6.68. The molecule has 0 saturated heterocycles. The summed E-state index contributed by atoms with van der Waals surface area (Å²) in [6, 6.07) is 48.2. The lowest BCUT2D eigenvalue weighted by molar-refractivity contribution is 0.0985. The first-order valence-electron chi connectivity index (χ1n) is 15.1. The van der Waals surface area contributed by atoms with Crippen molar-refractivity contribution < 1.29 is 9.59 Å². The van der Waals surface area contributed by atoms with E-state index >= 15 is 0 Å². The molecule has 4 nitrogen and oxygen atoms in total. The highest BCUT2D eigenvalue weighted by Gasteiger charge is 2.45. The highest BCUT2D eigenvalue weighted by atomic mass is 16.1. The van der Waals surface area contributed by atoms with Crippen LogP contribution in [-0.2, 0) is 18.3 Å². The number of carbonyl (C=O) groups is 2. The van der Waals surface area contributed by atoms with Crippen molar-refractivity contribution in [2.45, 2.75) is 18.3 Å². The SMILES string of the molecule is Nc1ccc(C(=O)Cc2ccc(C3(c4ccc(CC(=O)c5ccc(N)cc5)cc4)c4ccccc4-c4ccccc43)cc2)cc1. The molecule has 0 fully saturated rings. The van der Waals surface area contributed by atoms with E-state index in [0.717, 1.165) is 22.3 Å². The van der Waals surface area contributed by atoms with E-state index in [1.807, 2.05) is 0 Å². The van der Waals surface area contributed by atoms with Gasteiger partial charge in [-0.2, -0.15) is 0 Å². The van der Waals surface area contributed by atoms with E-state index in [4.69, 9.17) is 11.5 Å². The Labute approximate surface area is 263 Å². The minimum atomic E-state index is -0.563. The van der Waals surface area contributed by atoms with Crippen molar-refractivity contribution in [3.8, 4) is 11.1 Å². The Morgan fingerprint density at radius 2 is 0.800 bits per heavy atom. The van der Waals surface area contributed by atoms with Crippen LogP contribution in [-0.4, -0.2) is 11.6 Å². The number of hydrogen-bond donors (Lipinski definition) is 2. The Balaban J connectivity index is 1.28. The zero-order chi connectivity index (χ0) is 31.0. The third-order valence-corrected chi connectivity index (χ3v) is 8.92. The quantitative estimate of drug-likeness (QED) is 0.140. The van der Waals surface area contributed by atoms with Crippen LogP contribution in [0.1, 0.15) is 54.1 Å². The maximum Gasteiger partial charge on any atom is 0.167 e. The minimum Gasteiger partial charge on any atom is -0.399 e. The van der Waals surface area contributed by atoms with Crippen LogP contribution < -0.4 is 11.5 Å². The zero-order valence-corrected chi connectivity index (χ0v) is 24.7. The number of anilines is 2. The van der Waals surface area contributed by atoms with Gasteiger partial charge in [-0.05, 0) is 93.0 Å². The molecule has 0 unspecified atom stereocenters. The number of ketones is 2. The molecular weight excluding hydrogens is 552 g/mol. The van der Waals surface area contributed by atoms with Gasteiger partial charge in [0.15, 0.2) is 11.6 Å². The molecular formula is C41H32N2O2. The summed E-state index contributed by atoms with van der Waals surface area (Å²) < 4.78 is 0. The number of hydrogen-bond acceptors (Lipinski definition) is 4. The van der Waals surface area contributed by atoms with Gasteiger partial charge >= 0.3 is 0 Å². The van der Waals surface area contributed by atoms with Crippen molar-refractivity contribution in [1.29, 1.82) is 0 Å². The molecule has 0 atom stereocenters. The summed E-state index contributed by atoms with van der Waals surface area (Å²) in [5, 5.41) is 0. The Morgan fingerprint density at radius 3 is 1.18 bits per heavy atom. The fourth-order valence-corrected chi connectivity index (χ4v) is 6.68. The van der Waals surface area contributed by atoms with E-state index in [0.29, 0.717) is 35.3 Å². The van der Waals surface area contributed by atoms with E-state index < -0.39 is 5.41 Å². The molecule has 0 aromatic heterocycles. The summed E-state index contributed by atoms with van der Waals surface area (Å²) in [7, 11) is 0. The van der Waals surface area contributed by atoms with Gasteiger partial charge in [0, 0.05) is 35.3 Å². The summed E-state index contributed by atoms with van der Waals surface area (Å²) in [6.45, 7) is 0. The highest BCUT2D eigenvalue weighted by molar-refractivity contribution is 5.98. The summed E-state index contributed by atoms with van der Waals surface area (Å²) in [6.07, 6.45) is 0.613. The second-order valence-corrected chi connectivity index (χ2v) is 11.7. The molecule has 0 amide bonds. The van der Waals surface area contributed by atoms with Crippen LogP contribution >= 0.6 is 0 Å². The van der Waals surface area contributed by atoms with E-state index in [9.17, 15) is 9.59 Å². The van der Waals surface area contributed by atoms with Crippen molar-refractivity contribution in [3.05, 3.63) is 190 Å². The van der Waals surface area contributed by atoms with Gasteiger partial charge in [-0.15, -0.1) is 0 Å². The topological polar surface area (TPSA) is 86.2 Å². The molecule has 6 aromatic rings. The summed E-state index contributed by atoms with van der Waals surface area (Å²) in [4.78, 5) is 26.0. The molecule has 0 heterocycles. The van der Waals surface area contributed by atoms with E-state index in [2.05, 4.69) is 97.1 Å². The Bertz CT molecular complexity index is 1870. The predicted molar refractivity (Wildman–Crippen MR) is 182 cm³/mol. The number of nitrogens with two attached hydrogens (primary N) is 2. The molecule has 1 aliphatic rings. The molecule has 6 aromatic carbocycles. The van der Waals surface area contributed by atoms with E-state index in [1.165, 1.54) is 22.3 Å². The first-order valence-corrected chi connectivity index (χ1v) is 15.1. The zero-order valence-electron chi connectivity index (χ0n) is 24.7. The molecule has 0 bridgehead atoms. The first kappa shape index (κ1) is 28.1. The average molecular weight is 585 g/mol. The van der Waals surface area contributed by atoms with Crippen molar-refractivity contribution in [2.75, 3.05) is 11.5 Å². The van der Waals surface area contributed by atoms with Crippen LogP contribution in [0.15, 0.2) is 146 Å². The van der Waals surface area contributed by atoms with Gasteiger partial charge in [-0.3, -0.25) is 9.59 Å². The van der Waals surface area contributed by atoms with Gasteiger partial charge in [-0.1, -0.05) is 97.1 Å². The maximum absolute atomic E-state index is 13.0. The van der Waals surface area contributed by atoms with Crippen LogP contribution in [0.3, 0.4) is 0 Å². The molecule has 7 rings (SSSR count). The molecule has 0 spiro atoms. The minimum absolute atomic E-state index is 0.0538. The fraction of sp³-hybridized carbons (Fsp3) is 0.0732. The predicted octanol–water partition coefficient (Wildman–Crippen LogP) is 8.06. The first-order chi connectivity index (χ1) is 21.9. The summed E-state index contributed by atoms with van der Waals surface area (Å²) >= 11 is 0. The van der Waals surface area contributed by atoms with E-state index in [1.54, 1.807) is 48.5 Å². The Morgan fingerprint density at radius 1 is 0.444 bits per heavy atom. The van der Waals surface area contributed by atoms with Crippen molar-refractivity contribution in [1.82, 2.24) is 0 Å². The number of rotatable bonds is 8. The second-order valence-electron chi connectivity index (χ2n) is 11.7. The Hall–Kier alpha value is -5.74. The largest absolute Gasteiger partial charge is 0.399 e. The van der Waals surface area contributed by atoms with Gasteiger partial charge in [0.05, 0.1) is 5.41 Å². The molecule has 0 saturated carbocycles. The number of fused-ring (bicyclic) bond motifs is 3. The third kappa shape index (κ3) is 5.00. The second kappa shape index (κ2) is 11.4. The van der Waals surface area contributed by atoms with Crippen LogP contribution in [0.4, 0.5) is 11.4 Å². The monoisotopic (exact) mass is 584 g/mol. The van der Waals surface area contributed by atoms with Crippen LogP contribution in [0.25, 0.3) is 11.1 Å². The maximum atomic E-state index is 13.0. The van der Waals surface area contributed by atoms with Gasteiger partial charge in [0.25, 0.3) is 0 Å². The normalized spacial score (nSPS) is 12.7. The smallest absolute Gasteiger partial charge is 0.167 e. The van der Waals surface area contributed by atoms with Gasteiger partial charge in [0.1, 0.15) is 0 Å².